The fourth-order valence-electron chi connectivity index (χ4n) is 5.00. The first-order valence-electron chi connectivity index (χ1n) is 6.63. The number of rotatable bonds is 1. The zero-order valence-electron chi connectivity index (χ0n) is 10.3. The van der Waals surface area contributed by atoms with Gasteiger partial charge in [-0.05, 0) is 62.5 Å². The van der Waals surface area contributed by atoms with Crippen LogP contribution in [-0.2, 0) is 5.54 Å². The molecule has 0 saturated heterocycles. The lowest BCUT2D eigenvalue weighted by Gasteiger charge is -2.59. The van der Waals surface area contributed by atoms with Gasteiger partial charge in [-0.25, -0.2) is 0 Å². The highest BCUT2D eigenvalue weighted by molar-refractivity contribution is 5.11. The number of tetrazole rings is 1. The van der Waals surface area contributed by atoms with Gasteiger partial charge in [0.2, 0.25) is 0 Å². The minimum absolute atomic E-state index is 0.0472. The van der Waals surface area contributed by atoms with E-state index in [-0.39, 0.29) is 11.1 Å². The summed E-state index contributed by atoms with van der Waals surface area (Å²) < 4.78 is 0. The second-order valence-electron chi connectivity index (χ2n) is 6.67. The predicted octanol–water partition coefficient (Wildman–Crippen LogP) is 0.988. The molecule has 0 radical (unpaired) electrons. The predicted molar refractivity (Wildman–Crippen MR) is 62.1 cm³/mol. The van der Waals surface area contributed by atoms with E-state index in [9.17, 15) is 0 Å². The fourth-order valence-corrected chi connectivity index (χ4v) is 5.00. The van der Waals surface area contributed by atoms with Crippen LogP contribution in [0.25, 0.3) is 0 Å². The van der Waals surface area contributed by atoms with Crippen molar-refractivity contribution in [3.63, 3.8) is 0 Å². The summed E-state index contributed by atoms with van der Waals surface area (Å²) in [7, 11) is 0. The summed E-state index contributed by atoms with van der Waals surface area (Å²) in [6.07, 6.45) is 7.24. The molecule has 0 aliphatic heterocycles. The maximum absolute atomic E-state index is 6.56. The SMILES string of the molecule is Cc1nnn(C23CC4CC(CC(N)(C4)C2)C3)n1. The molecule has 4 saturated carbocycles. The Labute approximate surface area is 101 Å². The van der Waals surface area contributed by atoms with Gasteiger partial charge < -0.3 is 5.73 Å². The van der Waals surface area contributed by atoms with Crippen LogP contribution in [0, 0.1) is 18.8 Å². The number of aromatic nitrogens is 4. The Morgan fingerprint density at radius 2 is 1.94 bits per heavy atom. The summed E-state index contributed by atoms with van der Waals surface area (Å²) in [6, 6.07) is 0. The van der Waals surface area contributed by atoms with Gasteiger partial charge in [-0.15, -0.1) is 10.2 Å². The lowest BCUT2D eigenvalue weighted by molar-refractivity contribution is -0.0709. The molecule has 0 amide bonds. The van der Waals surface area contributed by atoms with Crippen molar-refractivity contribution in [2.24, 2.45) is 17.6 Å². The van der Waals surface area contributed by atoms with E-state index in [4.69, 9.17) is 5.73 Å². The first-order valence-corrected chi connectivity index (χ1v) is 6.63. The van der Waals surface area contributed by atoms with Crippen molar-refractivity contribution in [2.75, 3.05) is 0 Å². The van der Waals surface area contributed by atoms with E-state index >= 15 is 0 Å². The molecule has 2 atom stereocenters. The number of hydrogen-bond acceptors (Lipinski definition) is 4. The Hall–Kier alpha value is -0.970. The molecule has 5 heteroatoms. The van der Waals surface area contributed by atoms with Crippen LogP contribution in [0.2, 0.25) is 0 Å². The molecule has 92 valence electrons. The van der Waals surface area contributed by atoms with Crippen LogP contribution >= 0.6 is 0 Å². The molecule has 5 nitrogen and oxygen atoms in total. The number of aryl methyl sites for hydroxylation is 1. The number of hydrogen-bond donors (Lipinski definition) is 1. The maximum atomic E-state index is 6.56. The minimum atomic E-state index is 0.0472. The summed E-state index contributed by atoms with van der Waals surface area (Å²) >= 11 is 0. The van der Waals surface area contributed by atoms with Crippen molar-refractivity contribution >= 4 is 0 Å². The van der Waals surface area contributed by atoms with Crippen LogP contribution in [0.15, 0.2) is 0 Å². The van der Waals surface area contributed by atoms with Gasteiger partial charge in [-0.1, -0.05) is 0 Å². The summed E-state index contributed by atoms with van der Waals surface area (Å²) in [4.78, 5) is 1.89. The van der Waals surface area contributed by atoms with Gasteiger partial charge in [0.15, 0.2) is 5.82 Å². The van der Waals surface area contributed by atoms with E-state index in [0.717, 1.165) is 24.1 Å². The molecule has 2 N–H and O–H groups in total. The van der Waals surface area contributed by atoms with E-state index in [2.05, 4.69) is 15.4 Å². The molecule has 4 fully saturated rings. The van der Waals surface area contributed by atoms with Gasteiger partial charge in [0.1, 0.15) is 0 Å². The second-order valence-corrected chi connectivity index (χ2v) is 6.67. The summed E-state index contributed by atoms with van der Waals surface area (Å²) in [6.45, 7) is 1.90. The van der Waals surface area contributed by atoms with Crippen LogP contribution in [0.4, 0.5) is 0 Å². The smallest absolute Gasteiger partial charge is 0.171 e. The normalized spacial score (nSPS) is 47.6. The zero-order chi connectivity index (χ0) is 11.7. The van der Waals surface area contributed by atoms with Gasteiger partial charge in [0, 0.05) is 5.54 Å². The lowest BCUT2D eigenvalue weighted by atomic mass is 9.50. The first kappa shape index (κ1) is 10.00. The third-order valence-electron chi connectivity index (χ3n) is 5.01. The minimum Gasteiger partial charge on any atom is -0.325 e. The van der Waals surface area contributed by atoms with Crippen molar-refractivity contribution < 1.29 is 0 Å². The summed E-state index contributed by atoms with van der Waals surface area (Å²) in [5.41, 5.74) is 6.69. The van der Waals surface area contributed by atoms with E-state index in [1.807, 2.05) is 11.7 Å². The van der Waals surface area contributed by atoms with Gasteiger partial charge in [0.05, 0.1) is 5.54 Å². The molecule has 0 aromatic carbocycles. The van der Waals surface area contributed by atoms with E-state index in [0.29, 0.717) is 0 Å². The molecule has 1 heterocycles. The lowest BCUT2D eigenvalue weighted by Crippen LogP contribution is -2.63. The van der Waals surface area contributed by atoms with Crippen LogP contribution in [-0.4, -0.2) is 25.7 Å². The average molecular weight is 233 g/mol. The fraction of sp³-hybridized carbons (Fsp3) is 0.917. The quantitative estimate of drug-likeness (QED) is 0.785. The average Bonchev–Trinajstić information content (AvgIpc) is 2.61. The van der Waals surface area contributed by atoms with Crippen molar-refractivity contribution in [3.8, 4) is 0 Å². The molecule has 17 heavy (non-hydrogen) atoms. The van der Waals surface area contributed by atoms with E-state index < -0.39 is 0 Å². The summed E-state index contributed by atoms with van der Waals surface area (Å²) in [5, 5.41) is 12.8. The van der Waals surface area contributed by atoms with Crippen LogP contribution in [0.1, 0.15) is 44.3 Å². The Bertz CT molecular complexity index is 451. The summed E-state index contributed by atoms with van der Waals surface area (Å²) in [5.74, 6) is 2.34. The zero-order valence-corrected chi connectivity index (χ0v) is 10.3. The first-order chi connectivity index (χ1) is 8.07. The molecule has 4 bridgehead atoms. The van der Waals surface area contributed by atoms with Gasteiger partial charge in [-0.3, -0.25) is 0 Å². The van der Waals surface area contributed by atoms with Gasteiger partial charge in [-0.2, -0.15) is 4.80 Å². The number of nitrogens with two attached hydrogens (primary N) is 1. The highest BCUT2D eigenvalue weighted by atomic mass is 15.6. The van der Waals surface area contributed by atoms with Crippen molar-refractivity contribution in [3.05, 3.63) is 5.82 Å². The molecule has 1 aromatic heterocycles. The Balaban J connectivity index is 1.79. The van der Waals surface area contributed by atoms with Crippen molar-refractivity contribution in [1.82, 2.24) is 20.2 Å². The third kappa shape index (κ3) is 1.32. The van der Waals surface area contributed by atoms with Crippen molar-refractivity contribution in [1.29, 1.82) is 0 Å². The van der Waals surface area contributed by atoms with Gasteiger partial charge >= 0.3 is 0 Å². The van der Waals surface area contributed by atoms with Crippen molar-refractivity contribution in [2.45, 2.75) is 56.5 Å². The van der Waals surface area contributed by atoms with Crippen LogP contribution < -0.4 is 5.73 Å². The topological polar surface area (TPSA) is 69.6 Å². The molecule has 0 spiro atoms. The highest BCUT2D eigenvalue weighted by Gasteiger charge is 2.58. The van der Waals surface area contributed by atoms with E-state index in [1.165, 1.54) is 32.1 Å². The monoisotopic (exact) mass is 233 g/mol. The second kappa shape index (κ2) is 2.88. The Morgan fingerprint density at radius 3 is 2.47 bits per heavy atom. The standard InChI is InChI=1S/C12H19N5/c1-8-14-16-17(15-8)12-5-9-2-10(6-12)4-11(13,3-9)7-12/h9-10H,2-7,13H2,1H3. The third-order valence-corrected chi connectivity index (χ3v) is 5.01. The molecule has 1 aromatic rings. The molecule has 4 aliphatic carbocycles. The van der Waals surface area contributed by atoms with Crippen LogP contribution in [0.5, 0.6) is 0 Å². The van der Waals surface area contributed by atoms with Crippen LogP contribution in [0.3, 0.4) is 0 Å². The Kier molecular flexibility index (Phi) is 1.70. The number of nitrogens with zero attached hydrogens (tertiary/aromatic N) is 4. The highest BCUT2D eigenvalue weighted by Crippen LogP contribution is 2.59. The molecule has 4 aliphatic rings. The largest absolute Gasteiger partial charge is 0.325 e. The molecular weight excluding hydrogens is 214 g/mol. The Morgan fingerprint density at radius 1 is 1.24 bits per heavy atom. The van der Waals surface area contributed by atoms with E-state index in [1.54, 1.807) is 0 Å². The van der Waals surface area contributed by atoms with Gasteiger partial charge in [0.25, 0.3) is 0 Å². The molecular formula is C12H19N5. The molecule has 2 unspecified atom stereocenters. The molecule has 5 rings (SSSR count). The maximum Gasteiger partial charge on any atom is 0.171 e.